The van der Waals surface area contributed by atoms with Gasteiger partial charge in [-0.1, -0.05) is 0 Å². The minimum absolute atomic E-state index is 0.0135. The van der Waals surface area contributed by atoms with Crippen LogP contribution < -0.4 is 10.0 Å². The van der Waals surface area contributed by atoms with E-state index in [1.54, 1.807) is 13.0 Å². The molecule has 25 heavy (non-hydrogen) atoms. The van der Waals surface area contributed by atoms with E-state index in [1.165, 1.54) is 36.7 Å². The fraction of sp³-hybridized carbons (Fsp3) is 0.267. The molecule has 1 aliphatic rings. The lowest BCUT2D eigenvalue weighted by atomic mass is 10.1. The minimum atomic E-state index is -3.82. The number of rotatable bonds is 5. The number of halogens is 2. The van der Waals surface area contributed by atoms with E-state index in [-0.39, 0.29) is 16.8 Å². The van der Waals surface area contributed by atoms with Crippen molar-refractivity contribution >= 4 is 50.8 Å². The smallest absolute Gasteiger partial charge is 0.264 e. The van der Waals surface area contributed by atoms with Gasteiger partial charge in [0.15, 0.2) is 0 Å². The van der Waals surface area contributed by atoms with Gasteiger partial charge < -0.3 is 5.32 Å². The van der Waals surface area contributed by atoms with E-state index in [4.69, 9.17) is 23.2 Å². The van der Waals surface area contributed by atoms with Gasteiger partial charge in [0, 0.05) is 18.1 Å². The van der Waals surface area contributed by atoms with Gasteiger partial charge in [-0.3, -0.25) is 4.79 Å². The van der Waals surface area contributed by atoms with Crippen molar-refractivity contribution in [2.24, 2.45) is 5.41 Å². The molecule has 1 saturated carbocycles. The summed E-state index contributed by atoms with van der Waals surface area (Å²) < 4.78 is 25.8. The Morgan fingerprint density at radius 1 is 1.16 bits per heavy atom. The third-order valence-electron chi connectivity index (χ3n) is 3.97. The number of aromatic nitrogens is 2. The van der Waals surface area contributed by atoms with Gasteiger partial charge in [0.1, 0.15) is 4.33 Å². The molecule has 1 amide bonds. The number of nitrogens with zero attached hydrogens (tertiary/aromatic N) is 2. The van der Waals surface area contributed by atoms with Crippen LogP contribution in [0.2, 0.25) is 0 Å². The van der Waals surface area contributed by atoms with Gasteiger partial charge in [-0.15, -0.1) is 23.2 Å². The molecule has 0 bridgehead atoms. The van der Waals surface area contributed by atoms with Crippen molar-refractivity contribution in [3.63, 3.8) is 0 Å². The molecule has 7 nitrogen and oxygen atoms in total. The summed E-state index contributed by atoms with van der Waals surface area (Å²) in [6, 6.07) is 7.27. The van der Waals surface area contributed by atoms with Gasteiger partial charge in [-0.05, 0) is 43.7 Å². The summed E-state index contributed by atoms with van der Waals surface area (Å²) in [5, 5.41) is 2.68. The van der Waals surface area contributed by atoms with E-state index in [0.717, 1.165) is 0 Å². The van der Waals surface area contributed by atoms with Gasteiger partial charge in [-0.25, -0.2) is 23.1 Å². The fourth-order valence-electron chi connectivity index (χ4n) is 2.16. The minimum Gasteiger partial charge on any atom is -0.326 e. The highest BCUT2D eigenvalue weighted by molar-refractivity contribution is 7.92. The molecule has 10 heteroatoms. The number of hydrogen-bond acceptors (Lipinski definition) is 5. The number of benzene rings is 1. The zero-order chi connectivity index (χ0) is 18.3. The molecule has 3 rings (SSSR count). The number of alkyl halides is 2. The summed E-state index contributed by atoms with van der Waals surface area (Å²) in [6.07, 6.45) is 3.22. The Morgan fingerprint density at radius 3 is 2.24 bits per heavy atom. The van der Waals surface area contributed by atoms with Crippen molar-refractivity contribution in [3.05, 3.63) is 42.7 Å². The Balaban J connectivity index is 1.71. The lowest BCUT2D eigenvalue weighted by Gasteiger charge is -2.13. The average molecular weight is 401 g/mol. The molecule has 1 aromatic heterocycles. The predicted molar refractivity (Wildman–Crippen MR) is 95.1 cm³/mol. The first kappa shape index (κ1) is 17.9. The van der Waals surface area contributed by atoms with Crippen LogP contribution >= 0.6 is 23.2 Å². The number of hydrogen-bond donors (Lipinski definition) is 2. The van der Waals surface area contributed by atoms with Crippen molar-refractivity contribution in [3.8, 4) is 0 Å². The number of carbonyl (C=O) groups is 1. The molecule has 1 aliphatic carbocycles. The average Bonchev–Trinajstić information content (AvgIpc) is 3.08. The molecule has 0 spiro atoms. The van der Waals surface area contributed by atoms with Gasteiger partial charge in [-0.2, -0.15) is 0 Å². The molecule has 0 aliphatic heterocycles. The zero-order valence-electron chi connectivity index (χ0n) is 13.0. The Bertz CT molecular complexity index is 904. The third-order valence-corrected chi connectivity index (χ3v) is 6.42. The van der Waals surface area contributed by atoms with Crippen molar-refractivity contribution in [2.45, 2.75) is 22.6 Å². The Labute approximate surface area is 154 Å². The molecule has 1 aromatic carbocycles. The Hall–Kier alpha value is -1.90. The molecule has 132 valence electrons. The second kappa shape index (κ2) is 6.12. The maximum Gasteiger partial charge on any atom is 0.264 e. The summed E-state index contributed by atoms with van der Waals surface area (Å²) in [5.41, 5.74) is -0.412. The van der Waals surface area contributed by atoms with E-state index in [9.17, 15) is 13.2 Å². The normalized spacial score (nSPS) is 21.4. The first-order valence-corrected chi connectivity index (χ1v) is 9.47. The van der Waals surface area contributed by atoms with Crippen molar-refractivity contribution in [2.75, 3.05) is 10.0 Å². The first-order valence-electron chi connectivity index (χ1n) is 7.23. The van der Waals surface area contributed by atoms with Crippen LogP contribution in [0, 0.1) is 5.41 Å². The number of carbonyl (C=O) groups excluding carboxylic acids is 1. The highest BCUT2D eigenvalue weighted by Crippen LogP contribution is 2.64. The van der Waals surface area contributed by atoms with Crippen molar-refractivity contribution in [1.82, 2.24) is 9.97 Å². The van der Waals surface area contributed by atoms with Crippen LogP contribution in [0.15, 0.2) is 47.6 Å². The standard InChI is InChI=1S/C15H14Cl2N4O3S/c1-14(9-15(14,16)17)12(22)20-10-3-5-11(6-4-10)25(23,24)21-13-18-7-2-8-19-13/h2-8H,9H2,1H3,(H,20,22)(H,18,19,21). The molecule has 1 atom stereocenters. The number of nitrogens with one attached hydrogen (secondary N) is 2. The summed E-state index contributed by atoms with van der Waals surface area (Å²) in [4.78, 5) is 19.8. The molecule has 2 N–H and O–H groups in total. The van der Waals surface area contributed by atoms with Crippen LogP contribution in [0.5, 0.6) is 0 Å². The third kappa shape index (κ3) is 3.56. The molecule has 0 radical (unpaired) electrons. The molecule has 0 saturated heterocycles. The highest BCUT2D eigenvalue weighted by atomic mass is 35.5. The van der Waals surface area contributed by atoms with Gasteiger partial charge in [0.25, 0.3) is 10.0 Å². The zero-order valence-corrected chi connectivity index (χ0v) is 15.4. The van der Waals surface area contributed by atoms with E-state index in [2.05, 4.69) is 20.0 Å². The van der Waals surface area contributed by atoms with Crippen molar-refractivity contribution < 1.29 is 13.2 Å². The fourth-order valence-corrected chi connectivity index (χ4v) is 3.83. The molecule has 1 fully saturated rings. The van der Waals surface area contributed by atoms with Gasteiger partial charge in [0.2, 0.25) is 11.9 Å². The molecule has 1 heterocycles. The summed E-state index contributed by atoms with van der Waals surface area (Å²) >= 11 is 12.0. The van der Waals surface area contributed by atoms with Crippen molar-refractivity contribution in [1.29, 1.82) is 0 Å². The lowest BCUT2D eigenvalue weighted by molar-refractivity contribution is -0.120. The number of anilines is 2. The lowest BCUT2D eigenvalue weighted by Crippen LogP contribution is -2.26. The van der Waals surface area contributed by atoms with Gasteiger partial charge >= 0.3 is 0 Å². The number of amides is 1. The Morgan fingerprint density at radius 2 is 1.72 bits per heavy atom. The van der Waals surface area contributed by atoms with E-state index >= 15 is 0 Å². The Kier molecular flexibility index (Phi) is 4.38. The second-order valence-electron chi connectivity index (χ2n) is 5.87. The monoisotopic (exact) mass is 400 g/mol. The number of sulfonamides is 1. The topological polar surface area (TPSA) is 101 Å². The van der Waals surface area contributed by atoms with Crippen LogP contribution in [0.25, 0.3) is 0 Å². The van der Waals surface area contributed by atoms with Crippen LogP contribution in [0.4, 0.5) is 11.6 Å². The second-order valence-corrected chi connectivity index (χ2v) is 9.04. The SMILES string of the molecule is CC1(C(=O)Nc2ccc(S(=O)(=O)Nc3ncccn3)cc2)CC1(Cl)Cl. The molecule has 2 aromatic rings. The van der Waals surface area contributed by atoms with E-state index < -0.39 is 19.8 Å². The maximum absolute atomic E-state index is 12.3. The van der Waals surface area contributed by atoms with Gasteiger partial charge in [0.05, 0.1) is 10.3 Å². The van der Waals surface area contributed by atoms with Crippen LogP contribution in [-0.4, -0.2) is 28.6 Å². The van der Waals surface area contributed by atoms with Crippen LogP contribution in [0.1, 0.15) is 13.3 Å². The maximum atomic E-state index is 12.3. The van der Waals surface area contributed by atoms with Crippen LogP contribution in [0.3, 0.4) is 0 Å². The largest absolute Gasteiger partial charge is 0.326 e. The molecule has 1 unspecified atom stereocenters. The van der Waals surface area contributed by atoms with E-state index in [1.807, 2.05) is 0 Å². The quantitative estimate of drug-likeness (QED) is 0.751. The predicted octanol–water partition coefficient (Wildman–Crippen LogP) is 2.80. The summed E-state index contributed by atoms with van der Waals surface area (Å²) in [6.45, 7) is 1.67. The molecular formula is C15H14Cl2N4O3S. The summed E-state index contributed by atoms with van der Waals surface area (Å²) in [5.74, 6) is -0.342. The summed E-state index contributed by atoms with van der Waals surface area (Å²) in [7, 11) is -3.82. The van der Waals surface area contributed by atoms with Crippen LogP contribution in [-0.2, 0) is 14.8 Å². The highest BCUT2D eigenvalue weighted by Gasteiger charge is 2.67. The molecular weight excluding hydrogens is 387 g/mol. The first-order chi connectivity index (χ1) is 11.6. The van der Waals surface area contributed by atoms with E-state index in [0.29, 0.717) is 12.1 Å².